The van der Waals surface area contributed by atoms with Crippen molar-refractivity contribution in [3.05, 3.63) is 38.4 Å². The summed E-state index contributed by atoms with van der Waals surface area (Å²) >= 11 is 13.0. The second-order valence-electron chi connectivity index (χ2n) is 4.07. The molecule has 0 atom stereocenters. The van der Waals surface area contributed by atoms with E-state index >= 15 is 0 Å². The van der Waals surface area contributed by atoms with Crippen LogP contribution in [-0.2, 0) is 0 Å². The van der Waals surface area contributed by atoms with Gasteiger partial charge in [0.15, 0.2) is 0 Å². The molecule has 20 heavy (non-hydrogen) atoms. The fraction of sp³-hybridized carbons (Fsp3) is 0.231. The SMILES string of the molecule is CCCNc1ncc(Br)c(Nc2ccc(Br)cc2Cl)n1. The average Bonchev–Trinajstić information content (AvgIpc) is 2.42. The molecule has 0 aliphatic carbocycles. The minimum atomic E-state index is 0.589. The lowest BCUT2D eigenvalue weighted by Crippen LogP contribution is -2.06. The van der Waals surface area contributed by atoms with Gasteiger partial charge in [0, 0.05) is 17.2 Å². The van der Waals surface area contributed by atoms with E-state index in [-0.39, 0.29) is 0 Å². The predicted octanol–water partition coefficient (Wildman–Crippen LogP) is 5.22. The Morgan fingerprint density at radius 2 is 2.10 bits per heavy atom. The number of benzene rings is 1. The van der Waals surface area contributed by atoms with Gasteiger partial charge in [-0.25, -0.2) is 4.98 Å². The van der Waals surface area contributed by atoms with E-state index in [1.807, 2.05) is 18.2 Å². The molecule has 0 unspecified atom stereocenters. The number of halogens is 3. The second kappa shape index (κ2) is 7.24. The summed E-state index contributed by atoms with van der Waals surface area (Å²) in [6, 6.07) is 5.63. The van der Waals surface area contributed by atoms with Gasteiger partial charge < -0.3 is 10.6 Å². The Balaban J connectivity index is 2.23. The van der Waals surface area contributed by atoms with Gasteiger partial charge >= 0.3 is 0 Å². The zero-order chi connectivity index (χ0) is 14.5. The van der Waals surface area contributed by atoms with Crippen LogP contribution in [0.5, 0.6) is 0 Å². The van der Waals surface area contributed by atoms with Gasteiger partial charge in [0.1, 0.15) is 5.82 Å². The fourth-order valence-corrected chi connectivity index (χ4v) is 2.51. The molecule has 1 aromatic carbocycles. The molecule has 1 heterocycles. The van der Waals surface area contributed by atoms with Crippen molar-refractivity contribution >= 4 is 60.9 Å². The van der Waals surface area contributed by atoms with Crippen LogP contribution in [0.1, 0.15) is 13.3 Å². The monoisotopic (exact) mass is 418 g/mol. The Hall–Kier alpha value is -0.850. The van der Waals surface area contributed by atoms with Crippen LogP contribution >= 0.6 is 43.5 Å². The van der Waals surface area contributed by atoms with Gasteiger partial charge in [-0.15, -0.1) is 0 Å². The van der Waals surface area contributed by atoms with Crippen molar-refractivity contribution in [2.75, 3.05) is 17.2 Å². The van der Waals surface area contributed by atoms with E-state index in [9.17, 15) is 0 Å². The van der Waals surface area contributed by atoms with E-state index in [4.69, 9.17) is 11.6 Å². The van der Waals surface area contributed by atoms with Crippen LogP contribution in [0.15, 0.2) is 33.3 Å². The van der Waals surface area contributed by atoms with E-state index in [1.54, 1.807) is 6.20 Å². The van der Waals surface area contributed by atoms with Gasteiger partial charge in [0.25, 0.3) is 0 Å². The molecule has 0 radical (unpaired) electrons. The van der Waals surface area contributed by atoms with Gasteiger partial charge in [-0.05, 0) is 40.5 Å². The first-order valence-corrected chi connectivity index (χ1v) is 8.05. The summed E-state index contributed by atoms with van der Waals surface area (Å²) in [4.78, 5) is 8.62. The maximum atomic E-state index is 6.19. The number of nitrogens with zero attached hydrogens (tertiary/aromatic N) is 2. The Morgan fingerprint density at radius 3 is 2.80 bits per heavy atom. The highest BCUT2D eigenvalue weighted by atomic mass is 79.9. The largest absolute Gasteiger partial charge is 0.354 e. The molecule has 0 spiro atoms. The van der Waals surface area contributed by atoms with E-state index in [2.05, 4.69) is 59.4 Å². The first-order chi connectivity index (χ1) is 9.60. The summed E-state index contributed by atoms with van der Waals surface area (Å²) in [5.74, 6) is 1.26. The van der Waals surface area contributed by atoms with Crippen molar-refractivity contribution < 1.29 is 0 Å². The molecule has 106 valence electrons. The Kier molecular flexibility index (Phi) is 5.63. The number of hydrogen-bond acceptors (Lipinski definition) is 4. The summed E-state index contributed by atoms with van der Waals surface area (Å²) in [5, 5.41) is 6.96. The molecule has 0 saturated carbocycles. The highest BCUT2D eigenvalue weighted by Gasteiger charge is 2.08. The van der Waals surface area contributed by atoms with Gasteiger partial charge in [0.2, 0.25) is 5.95 Å². The zero-order valence-corrected chi connectivity index (χ0v) is 14.7. The third-order valence-electron chi connectivity index (χ3n) is 2.46. The second-order valence-corrected chi connectivity index (χ2v) is 6.24. The minimum absolute atomic E-state index is 0.589. The molecular weight excluding hydrogens is 407 g/mol. The van der Waals surface area contributed by atoms with Crippen molar-refractivity contribution in [1.82, 2.24) is 9.97 Å². The summed E-state index contributed by atoms with van der Waals surface area (Å²) in [5.41, 5.74) is 0.788. The van der Waals surface area contributed by atoms with Crippen molar-refractivity contribution in [3.63, 3.8) is 0 Å². The fourth-order valence-electron chi connectivity index (χ4n) is 1.50. The summed E-state index contributed by atoms with van der Waals surface area (Å²) < 4.78 is 1.71. The topological polar surface area (TPSA) is 49.8 Å². The predicted molar refractivity (Wildman–Crippen MR) is 90.9 cm³/mol. The smallest absolute Gasteiger partial charge is 0.224 e. The van der Waals surface area contributed by atoms with Gasteiger partial charge in [-0.1, -0.05) is 34.5 Å². The molecule has 0 bridgehead atoms. The Labute approximate surface area is 139 Å². The highest BCUT2D eigenvalue weighted by Crippen LogP contribution is 2.30. The number of anilines is 3. The number of rotatable bonds is 5. The lowest BCUT2D eigenvalue weighted by Gasteiger charge is -2.11. The van der Waals surface area contributed by atoms with E-state index < -0.39 is 0 Å². The molecule has 2 aromatic rings. The van der Waals surface area contributed by atoms with Gasteiger partial charge in [-0.3, -0.25) is 0 Å². The maximum absolute atomic E-state index is 6.19. The molecule has 0 aliphatic heterocycles. The first-order valence-electron chi connectivity index (χ1n) is 6.08. The molecule has 2 rings (SSSR count). The van der Waals surface area contributed by atoms with Crippen molar-refractivity contribution in [3.8, 4) is 0 Å². The van der Waals surface area contributed by atoms with E-state index in [0.29, 0.717) is 16.8 Å². The molecule has 0 amide bonds. The van der Waals surface area contributed by atoms with Crippen LogP contribution in [0.25, 0.3) is 0 Å². The van der Waals surface area contributed by atoms with Crippen molar-refractivity contribution in [2.45, 2.75) is 13.3 Å². The van der Waals surface area contributed by atoms with Crippen LogP contribution in [0.3, 0.4) is 0 Å². The molecule has 7 heteroatoms. The van der Waals surface area contributed by atoms with Crippen LogP contribution in [0, 0.1) is 0 Å². The molecule has 2 N–H and O–H groups in total. The van der Waals surface area contributed by atoms with Gasteiger partial charge in [-0.2, -0.15) is 4.98 Å². The minimum Gasteiger partial charge on any atom is -0.354 e. The number of nitrogens with one attached hydrogen (secondary N) is 2. The van der Waals surface area contributed by atoms with Crippen molar-refractivity contribution in [2.24, 2.45) is 0 Å². The first kappa shape index (κ1) is 15.5. The Morgan fingerprint density at radius 1 is 1.30 bits per heavy atom. The molecule has 1 aromatic heterocycles. The lowest BCUT2D eigenvalue weighted by molar-refractivity contribution is 0.952. The lowest BCUT2D eigenvalue weighted by atomic mass is 10.3. The summed E-state index contributed by atoms with van der Waals surface area (Å²) in [6.07, 6.45) is 2.72. The summed E-state index contributed by atoms with van der Waals surface area (Å²) in [6.45, 7) is 2.92. The third-order valence-corrected chi connectivity index (χ3v) is 3.85. The standard InChI is InChI=1S/C13H13Br2ClN4/c1-2-5-17-13-18-7-9(15)12(20-13)19-11-4-3-8(14)6-10(11)16/h3-4,6-7H,2,5H2,1H3,(H2,17,18,19,20). The van der Waals surface area contributed by atoms with Crippen LogP contribution in [0.4, 0.5) is 17.5 Å². The zero-order valence-electron chi connectivity index (χ0n) is 10.8. The molecule has 4 nitrogen and oxygen atoms in total. The van der Waals surface area contributed by atoms with Crippen LogP contribution in [-0.4, -0.2) is 16.5 Å². The van der Waals surface area contributed by atoms with Gasteiger partial charge in [0.05, 0.1) is 15.2 Å². The van der Waals surface area contributed by atoms with Crippen LogP contribution in [0.2, 0.25) is 5.02 Å². The normalized spacial score (nSPS) is 10.4. The molecule has 0 aliphatic rings. The molecule has 0 saturated heterocycles. The number of hydrogen-bond donors (Lipinski definition) is 2. The van der Waals surface area contributed by atoms with Crippen molar-refractivity contribution in [1.29, 1.82) is 0 Å². The third kappa shape index (κ3) is 4.07. The van der Waals surface area contributed by atoms with E-state index in [0.717, 1.165) is 27.6 Å². The number of aromatic nitrogens is 2. The van der Waals surface area contributed by atoms with Crippen LogP contribution < -0.4 is 10.6 Å². The van der Waals surface area contributed by atoms with E-state index in [1.165, 1.54) is 0 Å². The quantitative estimate of drug-likeness (QED) is 0.696. The summed E-state index contributed by atoms with van der Waals surface area (Å²) in [7, 11) is 0. The highest BCUT2D eigenvalue weighted by molar-refractivity contribution is 9.10. The molecular formula is C13H13Br2ClN4. The Bertz CT molecular complexity index is 607. The molecule has 0 fully saturated rings. The average molecular weight is 421 g/mol. The maximum Gasteiger partial charge on any atom is 0.224 e.